The molecule has 1 atom stereocenters. The Kier molecular flexibility index (Phi) is 4.39. The van der Waals surface area contributed by atoms with Crippen molar-refractivity contribution in [2.24, 2.45) is 0 Å². The SMILES string of the molecule is CC(Cl)c1ccccc1Nc1ncnc2c1CCCCC2. The number of aryl methyl sites for hydroxylation is 1. The summed E-state index contributed by atoms with van der Waals surface area (Å²) in [4.78, 5) is 8.93. The third-order valence-corrected chi connectivity index (χ3v) is 4.25. The fourth-order valence-electron chi connectivity index (χ4n) is 2.89. The molecule has 2 aromatic rings. The van der Waals surface area contributed by atoms with E-state index in [1.54, 1.807) is 6.33 Å². The summed E-state index contributed by atoms with van der Waals surface area (Å²) in [6.45, 7) is 1.99. The van der Waals surface area contributed by atoms with Crippen molar-refractivity contribution in [2.75, 3.05) is 5.32 Å². The van der Waals surface area contributed by atoms with Gasteiger partial charge in [-0.1, -0.05) is 24.6 Å². The van der Waals surface area contributed by atoms with Crippen molar-refractivity contribution in [1.82, 2.24) is 9.97 Å². The monoisotopic (exact) mass is 301 g/mol. The van der Waals surface area contributed by atoms with Gasteiger partial charge in [0.2, 0.25) is 0 Å². The largest absolute Gasteiger partial charge is 0.340 e. The predicted octanol–water partition coefficient (Wildman–Crippen LogP) is 4.79. The maximum absolute atomic E-state index is 6.27. The van der Waals surface area contributed by atoms with Crippen LogP contribution < -0.4 is 5.32 Å². The van der Waals surface area contributed by atoms with Gasteiger partial charge in [-0.15, -0.1) is 11.6 Å². The van der Waals surface area contributed by atoms with Gasteiger partial charge < -0.3 is 5.32 Å². The highest BCUT2D eigenvalue weighted by molar-refractivity contribution is 6.21. The van der Waals surface area contributed by atoms with Gasteiger partial charge in [0.25, 0.3) is 0 Å². The topological polar surface area (TPSA) is 37.8 Å². The molecule has 3 nitrogen and oxygen atoms in total. The number of hydrogen-bond donors (Lipinski definition) is 1. The van der Waals surface area contributed by atoms with Gasteiger partial charge in [-0.05, 0) is 44.2 Å². The molecule has 4 heteroatoms. The first-order chi connectivity index (χ1) is 10.3. The van der Waals surface area contributed by atoms with E-state index < -0.39 is 0 Å². The molecular formula is C17H20ClN3. The molecule has 21 heavy (non-hydrogen) atoms. The van der Waals surface area contributed by atoms with Crippen LogP contribution in [-0.2, 0) is 12.8 Å². The maximum Gasteiger partial charge on any atom is 0.137 e. The summed E-state index contributed by atoms with van der Waals surface area (Å²) >= 11 is 6.27. The number of rotatable bonds is 3. The number of benzene rings is 1. The number of nitrogens with one attached hydrogen (secondary N) is 1. The highest BCUT2D eigenvalue weighted by Crippen LogP contribution is 2.31. The minimum Gasteiger partial charge on any atom is -0.340 e. The molecule has 1 heterocycles. The Labute approximate surface area is 130 Å². The number of hydrogen-bond acceptors (Lipinski definition) is 3. The number of halogens is 1. The molecule has 0 spiro atoms. The third-order valence-electron chi connectivity index (χ3n) is 4.02. The van der Waals surface area contributed by atoms with Crippen molar-refractivity contribution < 1.29 is 0 Å². The van der Waals surface area contributed by atoms with Gasteiger partial charge in [0.1, 0.15) is 12.1 Å². The Morgan fingerprint density at radius 1 is 1.10 bits per heavy atom. The van der Waals surface area contributed by atoms with Crippen LogP contribution in [0.15, 0.2) is 30.6 Å². The van der Waals surface area contributed by atoms with Crippen LogP contribution >= 0.6 is 11.6 Å². The molecule has 1 aliphatic rings. The van der Waals surface area contributed by atoms with Gasteiger partial charge in [-0.25, -0.2) is 9.97 Å². The second-order valence-corrected chi connectivity index (χ2v) is 6.19. The van der Waals surface area contributed by atoms with Gasteiger partial charge in [-0.2, -0.15) is 0 Å². The van der Waals surface area contributed by atoms with E-state index >= 15 is 0 Å². The Morgan fingerprint density at radius 2 is 1.90 bits per heavy atom. The smallest absolute Gasteiger partial charge is 0.137 e. The van der Waals surface area contributed by atoms with Gasteiger partial charge in [0.05, 0.1) is 5.38 Å². The fourth-order valence-corrected chi connectivity index (χ4v) is 3.08. The molecule has 1 aromatic heterocycles. The van der Waals surface area contributed by atoms with Gasteiger partial charge in [-0.3, -0.25) is 0 Å². The molecule has 1 aliphatic carbocycles. The van der Waals surface area contributed by atoms with Crippen LogP contribution in [0, 0.1) is 0 Å². The molecule has 0 amide bonds. The Hall–Kier alpha value is -1.61. The Bertz CT molecular complexity index is 625. The van der Waals surface area contributed by atoms with Crippen molar-refractivity contribution >= 4 is 23.1 Å². The second-order valence-electron chi connectivity index (χ2n) is 5.54. The van der Waals surface area contributed by atoms with Crippen molar-refractivity contribution in [3.05, 3.63) is 47.4 Å². The minimum absolute atomic E-state index is 0.0332. The van der Waals surface area contributed by atoms with E-state index in [-0.39, 0.29) is 5.38 Å². The maximum atomic E-state index is 6.27. The summed E-state index contributed by atoms with van der Waals surface area (Å²) in [7, 11) is 0. The lowest BCUT2D eigenvalue weighted by molar-refractivity contribution is 0.709. The molecule has 0 saturated heterocycles. The molecule has 1 unspecified atom stereocenters. The number of fused-ring (bicyclic) bond motifs is 1. The number of aromatic nitrogens is 2. The van der Waals surface area contributed by atoms with E-state index in [4.69, 9.17) is 11.6 Å². The van der Waals surface area contributed by atoms with Gasteiger partial charge in [0, 0.05) is 16.9 Å². The lowest BCUT2D eigenvalue weighted by atomic mass is 10.1. The lowest BCUT2D eigenvalue weighted by Gasteiger charge is -2.16. The summed E-state index contributed by atoms with van der Waals surface area (Å²) in [5.74, 6) is 0.937. The summed E-state index contributed by atoms with van der Waals surface area (Å²) in [6.07, 6.45) is 7.48. The van der Waals surface area contributed by atoms with Crippen molar-refractivity contribution in [3.8, 4) is 0 Å². The first kappa shape index (κ1) is 14.3. The molecule has 1 N–H and O–H groups in total. The fraction of sp³-hybridized carbons (Fsp3) is 0.412. The first-order valence-electron chi connectivity index (χ1n) is 7.58. The predicted molar refractivity (Wildman–Crippen MR) is 87.3 cm³/mol. The van der Waals surface area contributed by atoms with E-state index in [1.807, 2.05) is 19.1 Å². The van der Waals surface area contributed by atoms with Crippen LogP contribution in [0.3, 0.4) is 0 Å². The van der Waals surface area contributed by atoms with Crippen LogP contribution in [0.4, 0.5) is 11.5 Å². The Balaban J connectivity index is 1.96. The van der Waals surface area contributed by atoms with E-state index in [1.165, 1.54) is 30.5 Å². The summed E-state index contributed by atoms with van der Waals surface area (Å²) < 4.78 is 0. The molecule has 3 rings (SSSR count). The average Bonchev–Trinajstić information content (AvgIpc) is 2.74. The van der Waals surface area contributed by atoms with E-state index in [0.29, 0.717) is 0 Å². The van der Waals surface area contributed by atoms with Gasteiger partial charge in [0.15, 0.2) is 0 Å². The second kappa shape index (κ2) is 6.44. The van der Waals surface area contributed by atoms with Gasteiger partial charge >= 0.3 is 0 Å². The number of para-hydroxylation sites is 1. The summed E-state index contributed by atoms with van der Waals surface area (Å²) in [5.41, 5.74) is 4.60. The zero-order valence-electron chi connectivity index (χ0n) is 12.3. The van der Waals surface area contributed by atoms with Crippen LogP contribution in [0.2, 0.25) is 0 Å². The third kappa shape index (κ3) is 3.18. The highest BCUT2D eigenvalue weighted by Gasteiger charge is 2.16. The number of alkyl halides is 1. The van der Waals surface area contributed by atoms with Crippen LogP contribution in [0.5, 0.6) is 0 Å². The normalized spacial score (nSPS) is 15.9. The van der Waals surface area contributed by atoms with Crippen molar-refractivity contribution in [2.45, 2.75) is 44.4 Å². The van der Waals surface area contributed by atoms with Crippen LogP contribution in [-0.4, -0.2) is 9.97 Å². The molecule has 110 valence electrons. The lowest BCUT2D eigenvalue weighted by Crippen LogP contribution is -2.05. The van der Waals surface area contributed by atoms with E-state index in [0.717, 1.165) is 29.9 Å². The molecule has 0 bridgehead atoms. The molecule has 0 fully saturated rings. The summed E-state index contributed by atoms with van der Waals surface area (Å²) in [6, 6.07) is 8.14. The Morgan fingerprint density at radius 3 is 2.76 bits per heavy atom. The average molecular weight is 302 g/mol. The summed E-state index contributed by atoms with van der Waals surface area (Å²) in [5, 5.41) is 3.44. The highest BCUT2D eigenvalue weighted by atomic mass is 35.5. The first-order valence-corrected chi connectivity index (χ1v) is 8.02. The zero-order chi connectivity index (χ0) is 14.7. The minimum atomic E-state index is -0.0332. The quantitative estimate of drug-likeness (QED) is 0.654. The van der Waals surface area contributed by atoms with Crippen LogP contribution in [0.25, 0.3) is 0 Å². The molecule has 0 radical (unpaired) electrons. The molecular weight excluding hydrogens is 282 g/mol. The standard InChI is InChI=1S/C17H20ClN3/c1-12(18)13-7-5-6-10-16(13)21-17-14-8-3-2-4-9-15(14)19-11-20-17/h5-7,10-12H,2-4,8-9H2,1H3,(H,19,20,21). The molecule has 1 aromatic carbocycles. The molecule has 0 saturated carbocycles. The molecule has 0 aliphatic heterocycles. The van der Waals surface area contributed by atoms with Crippen LogP contribution in [0.1, 0.15) is 48.4 Å². The van der Waals surface area contributed by atoms with Crippen molar-refractivity contribution in [1.29, 1.82) is 0 Å². The zero-order valence-corrected chi connectivity index (χ0v) is 13.0. The number of anilines is 2. The number of nitrogens with zero attached hydrogens (tertiary/aromatic N) is 2. The van der Waals surface area contributed by atoms with E-state index in [9.17, 15) is 0 Å². The van der Waals surface area contributed by atoms with Crippen molar-refractivity contribution in [3.63, 3.8) is 0 Å². The van der Waals surface area contributed by atoms with E-state index in [2.05, 4.69) is 27.4 Å².